The van der Waals surface area contributed by atoms with Crippen LogP contribution in [0.4, 0.5) is 0 Å². The van der Waals surface area contributed by atoms with Crippen LogP contribution in [-0.4, -0.2) is 15.0 Å². The molecule has 1 atom stereocenters. The molecule has 1 heterocycles. The largest absolute Gasteiger partial charge is 0.277 e. The molecular weight excluding hydrogens is 224 g/mol. The van der Waals surface area contributed by atoms with Crippen LogP contribution >= 0.6 is 11.6 Å². The summed E-state index contributed by atoms with van der Waals surface area (Å²) < 4.78 is 26.9. The highest BCUT2D eigenvalue weighted by atomic mass is 35.5. The van der Waals surface area contributed by atoms with Gasteiger partial charge in [-0.3, -0.25) is 0 Å². The topological polar surface area (TPSA) is 58.2 Å². The second-order valence-electron chi connectivity index (χ2n) is 3.07. The quantitative estimate of drug-likeness (QED) is 0.753. The van der Waals surface area contributed by atoms with E-state index in [1.807, 2.05) is 12.1 Å². The Morgan fingerprint density at radius 2 is 1.93 bits per heavy atom. The van der Waals surface area contributed by atoms with E-state index in [2.05, 4.69) is 9.44 Å². The van der Waals surface area contributed by atoms with Crippen molar-refractivity contribution >= 4 is 21.8 Å². The minimum absolute atomic E-state index is 0.197. The van der Waals surface area contributed by atoms with Gasteiger partial charge in [0.05, 0.1) is 6.04 Å². The summed E-state index contributed by atoms with van der Waals surface area (Å²) in [5.74, 6) is 0. The smallest absolute Gasteiger partial charge is 0.200 e. The SMILES string of the molecule is O=S1(=O)NC[C@@H](c2ccc(Cl)cc2)N1. The third kappa shape index (κ3) is 2.06. The molecule has 0 aromatic heterocycles. The van der Waals surface area contributed by atoms with E-state index in [0.29, 0.717) is 11.6 Å². The standard InChI is InChI=1S/C8H9ClN2O2S/c9-7-3-1-6(2-4-7)8-5-10-14(12,13)11-8/h1-4,8,10-11H,5H2/t8-/m0/s1. The molecule has 0 amide bonds. The van der Waals surface area contributed by atoms with E-state index >= 15 is 0 Å². The molecule has 2 rings (SSSR count). The Hall–Kier alpha value is -0.620. The minimum atomic E-state index is -3.29. The van der Waals surface area contributed by atoms with Crippen molar-refractivity contribution in [2.24, 2.45) is 0 Å². The predicted octanol–water partition coefficient (Wildman–Crippen LogP) is 0.819. The van der Waals surface area contributed by atoms with Crippen LogP contribution < -0.4 is 9.44 Å². The van der Waals surface area contributed by atoms with Gasteiger partial charge in [-0.15, -0.1) is 0 Å². The van der Waals surface area contributed by atoms with Gasteiger partial charge in [0.25, 0.3) is 10.2 Å². The molecule has 4 nitrogen and oxygen atoms in total. The lowest BCUT2D eigenvalue weighted by Crippen LogP contribution is -2.23. The fraction of sp³-hybridized carbons (Fsp3) is 0.250. The highest BCUT2D eigenvalue weighted by Crippen LogP contribution is 2.19. The zero-order valence-corrected chi connectivity index (χ0v) is 8.77. The fourth-order valence-electron chi connectivity index (χ4n) is 1.34. The summed E-state index contributed by atoms with van der Waals surface area (Å²) in [6, 6.07) is 6.90. The molecule has 0 radical (unpaired) electrons. The van der Waals surface area contributed by atoms with Crippen molar-refractivity contribution in [1.82, 2.24) is 9.44 Å². The molecule has 2 N–H and O–H groups in total. The summed E-state index contributed by atoms with van der Waals surface area (Å²) in [5, 5.41) is 0.641. The second-order valence-corrected chi connectivity index (χ2v) is 5.04. The highest BCUT2D eigenvalue weighted by Gasteiger charge is 2.26. The minimum Gasteiger partial charge on any atom is -0.200 e. The van der Waals surface area contributed by atoms with Gasteiger partial charge in [-0.25, -0.2) is 4.72 Å². The molecule has 0 spiro atoms. The van der Waals surface area contributed by atoms with E-state index in [1.165, 1.54) is 0 Å². The lowest BCUT2D eigenvalue weighted by atomic mass is 10.1. The third-order valence-electron chi connectivity index (χ3n) is 2.05. The summed E-state index contributed by atoms with van der Waals surface area (Å²) >= 11 is 5.72. The Labute approximate surface area is 87.5 Å². The maximum atomic E-state index is 11.0. The lowest BCUT2D eigenvalue weighted by Gasteiger charge is -2.07. The van der Waals surface area contributed by atoms with Gasteiger partial charge < -0.3 is 0 Å². The van der Waals surface area contributed by atoms with Crippen LogP contribution in [0.25, 0.3) is 0 Å². The Morgan fingerprint density at radius 1 is 1.29 bits per heavy atom. The average Bonchev–Trinajstić information content (AvgIpc) is 2.47. The third-order valence-corrected chi connectivity index (χ3v) is 3.44. The molecule has 1 aliphatic heterocycles. The van der Waals surface area contributed by atoms with Gasteiger partial charge in [-0.05, 0) is 17.7 Å². The summed E-state index contributed by atoms with van der Waals surface area (Å²) in [6.07, 6.45) is 0. The second kappa shape index (κ2) is 3.51. The van der Waals surface area contributed by atoms with E-state index < -0.39 is 10.2 Å². The van der Waals surface area contributed by atoms with E-state index in [9.17, 15) is 8.42 Å². The number of rotatable bonds is 1. The van der Waals surface area contributed by atoms with Gasteiger partial charge in [-0.1, -0.05) is 23.7 Å². The first-order chi connectivity index (χ1) is 6.57. The molecule has 0 aliphatic carbocycles. The van der Waals surface area contributed by atoms with Crippen molar-refractivity contribution in [3.05, 3.63) is 34.9 Å². The van der Waals surface area contributed by atoms with Crippen molar-refractivity contribution in [2.45, 2.75) is 6.04 Å². The summed E-state index contributed by atoms with van der Waals surface area (Å²) in [6.45, 7) is 0.379. The fourth-order valence-corrected chi connectivity index (χ4v) is 2.53. The Bertz CT molecular complexity index is 429. The average molecular weight is 233 g/mol. The molecule has 14 heavy (non-hydrogen) atoms. The van der Waals surface area contributed by atoms with Gasteiger partial charge in [0.2, 0.25) is 0 Å². The van der Waals surface area contributed by atoms with Crippen LogP contribution in [0.1, 0.15) is 11.6 Å². The van der Waals surface area contributed by atoms with Gasteiger partial charge in [-0.2, -0.15) is 13.1 Å². The summed E-state index contributed by atoms with van der Waals surface area (Å²) in [4.78, 5) is 0. The van der Waals surface area contributed by atoms with Crippen molar-refractivity contribution < 1.29 is 8.42 Å². The molecule has 0 unspecified atom stereocenters. The van der Waals surface area contributed by atoms with Crippen LogP contribution in [0.15, 0.2) is 24.3 Å². The first-order valence-corrected chi connectivity index (χ1v) is 5.95. The zero-order valence-electron chi connectivity index (χ0n) is 7.20. The van der Waals surface area contributed by atoms with Gasteiger partial charge in [0.1, 0.15) is 0 Å². The van der Waals surface area contributed by atoms with Crippen LogP contribution in [0.3, 0.4) is 0 Å². The van der Waals surface area contributed by atoms with Gasteiger partial charge in [0.15, 0.2) is 0 Å². The number of nitrogens with one attached hydrogen (secondary N) is 2. The molecule has 1 aromatic carbocycles. The van der Waals surface area contributed by atoms with Crippen LogP contribution in [0.5, 0.6) is 0 Å². The van der Waals surface area contributed by atoms with E-state index in [0.717, 1.165) is 5.56 Å². The molecule has 1 aromatic rings. The van der Waals surface area contributed by atoms with Crippen LogP contribution in [0.2, 0.25) is 5.02 Å². The molecule has 1 saturated heterocycles. The highest BCUT2D eigenvalue weighted by molar-refractivity contribution is 7.87. The molecule has 0 saturated carbocycles. The van der Waals surface area contributed by atoms with E-state index in [4.69, 9.17) is 11.6 Å². The normalized spacial score (nSPS) is 25.1. The Balaban J connectivity index is 2.22. The first kappa shape index (κ1) is 9.92. The molecular formula is C8H9ClN2O2S. The monoisotopic (exact) mass is 232 g/mol. The molecule has 1 fully saturated rings. The predicted molar refractivity (Wildman–Crippen MR) is 54.3 cm³/mol. The maximum Gasteiger partial charge on any atom is 0.277 e. The summed E-state index contributed by atoms with van der Waals surface area (Å²) in [5.41, 5.74) is 0.906. The number of halogens is 1. The van der Waals surface area contributed by atoms with Crippen LogP contribution in [-0.2, 0) is 10.2 Å². The summed E-state index contributed by atoms with van der Waals surface area (Å²) in [7, 11) is -3.29. The van der Waals surface area contributed by atoms with Crippen molar-refractivity contribution in [3.8, 4) is 0 Å². The van der Waals surface area contributed by atoms with Crippen molar-refractivity contribution in [1.29, 1.82) is 0 Å². The maximum absolute atomic E-state index is 11.0. The molecule has 6 heteroatoms. The van der Waals surface area contributed by atoms with E-state index in [-0.39, 0.29) is 6.04 Å². The molecule has 0 bridgehead atoms. The number of benzene rings is 1. The van der Waals surface area contributed by atoms with Crippen molar-refractivity contribution in [3.63, 3.8) is 0 Å². The molecule has 1 aliphatic rings. The van der Waals surface area contributed by atoms with Gasteiger partial charge >= 0.3 is 0 Å². The molecule has 76 valence electrons. The first-order valence-electron chi connectivity index (χ1n) is 4.09. The van der Waals surface area contributed by atoms with E-state index in [1.54, 1.807) is 12.1 Å². The Morgan fingerprint density at radius 3 is 2.43 bits per heavy atom. The van der Waals surface area contributed by atoms with Crippen molar-refractivity contribution in [2.75, 3.05) is 6.54 Å². The lowest BCUT2D eigenvalue weighted by molar-refractivity contribution is 0.583. The Kier molecular flexibility index (Phi) is 2.48. The zero-order chi connectivity index (χ0) is 10.2. The number of hydrogen-bond acceptors (Lipinski definition) is 2. The van der Waals surface area contributed by atoms with Gasteiger partial charge in [0, 0.05) is 11.6 Å². The number of hydrogen-bond donors (Lipinski definition) is 2. The van der Waals surface area contributed by atoms with Crippen LogP contribution in [0, 0.1) is 0 Å².